The Kier molecular flexibility index (Phi) is 4.81. The molecule has 1 saturated carbocycles. The van der Waals surface area contributed by atoms with Crippen LogP contribution in [-0.2, 0) is 6.54 Å². The van der Waals surface area contributed by atoms with Crippen LogP contribution in [0.3, 0.4) is 0 Å². The van der Waals surface area contributed by atoms with E-state index in [1.807, 2.05) is 6.92 Å². The number of pyridine rings is 1. The summed E-state index contributed by atoms with van der Waals surface area (Å²) in [5.41, 5.74) is 5.80. The van der Waals surface area contributed by atoms with E-state index in [-0.39, 0.29) is 23.0 Å². The fourth-order valence-electron chi connectivity index (χ4n) is 3.63. The van der Waals surface area contributed by atoms with E-state index in [0.717, 1.165) is 18.7 Å². The summed E-state index contributed by atoms with van der Waals surface area (Å²) in [4.78, 5) is 40.8. The van der Waals surface area contributed by atoms with Crippen molar-refractivity contribution in [2.75, 3.05) is 0 Å². The van der Waals surface area contributed by atoms with Crippen LogP contribution >= 0.6 is 0 Å². The largest absolute Gasteiger partial charge is 0.423 e. The molecule has 9 nitrogen and oxygen atoms in total. The van der Waals surface area contributed by atoms with Gasteiger partial charge in [0, 0.05) is 18.7 Å². The maximum atomic E-state index is 13.0. The summed E-state index contributed by atoms with van der Waals surface area (Å²) in [6, 6.07) is 3.25. The number of ether oxygens (including phenoxy) is 1. The van der Waals surface area contributed by atoms with E-state index in [0.29, 0.717) is 30.0 Å². The minimum Gasteiger partial charge on any atom is -0.423 e. The number of nitrogens with zero attached hydrogens (tertiary/aromatic N) is 4. The maximum absolute atomic E-state index is 13.0. The third-order valence-electron chi connectivity index (χ3n) is 4.99. The molecule has 28 heavy (non-hydrogen) atoms. The van der Waals surface area contributed by atoms with E-state index in [2.05, 4.69) is 19.9 Å². The van der Waals surface area contributed by atoms with Crippen molar-refractivity contribution in [3.63, 3.8) is 0 Å². The van der Waals surface area contributed by atoms with Crippen LogP contribution in [0.4, 0.5) is 0 Å². The van der Waals surface area contributed by atoms with Gasteiger partial charge in [-0.15, -0.1) is 0 Å². The first-order valence-corrected chi connectivity index (χ1v) is 9.51. The molecule has 4 rings (SSSR count). The second-order valence-electron chi connectivity index (χ2n) is 6.97. The lowest BCUT2D eigenvalue weighted by Gasteiger charge is -2.12. The fraction of sp³-hybridized carbons (Fsp3) is 0.421. The summed E-state index contributed by atoms with van der Waals surface area (Å²) in [5.74, 6) is 0.566. The predicted molar refractivity (Wildman–Crippen MR) is 102 cm³/mol. The fourth-order valence-corrected chi connectivity index (χ4v) is 3.63. The molecule has 1 aliphatic rings. The highest BCUT2D eigenvalue weighted by Crippen LogP contribution is 2.33. The second kappa shape index (κ2) is 7.41. The topological polar surface area (TPSA) is 129 Å². The molecule has 1 aliphatic carbocycles. The van der Waals surface area contributed by atoms with Crippen LogP contribution in [-0.4, -0.2) is 30.4 Å². The van der Waals surface area contributed by atoms with Gasteiger partial charge in [-0.2, -0.15) is 4.98 Å². The molecule has 0 atom stereocenters. The molecule has 0 saturated heterocycles. The summed E-state index contributed by atoms with van der Waals surface area (Å²) in [6.07, 6.45) is 6.61. The Morgan fingerprint density at radius 2 is 2.14 bits per heavy atom. The number of imidazole rings is 1. The molecule has 9 heteroatoms. The molecule has 0 radical (unpaired) electrons. The number of amides is 1. The van der Waals surface area contributed by atoms with Gasteiger partial charge in [-0.25, -0.2) is 9.97 Å². The van der Waals surface area contributed by atoms with Crippen LogP contribution in [0.2, 0.25) is 0 Å². The number of carbonyl (C=O) groups is 1. The minimum atomic E-state index is -0.718. The zero-order chi connectivity index (χ0) is 19.7. The van der Waals surface area contributed by atoms with Crippen LogP contribution in [0.5, 0.6) is 11.8 Å². The first-order chi connectivity index (χ1) is 13.6. The highest BCUT2D eigenvalue weighted by molar-refractivity contribution is 5.93. The van der Waals surface area contributed by atoms with E-state index in [1.165, 1.54) is 23.6 Å². The zero-order valence-corrected chi connectivity index (χ0v) is 15.6. The van der Waals surface area contributed by atoms with Gasteiger partial charge in [-0.3, -0.25) is 14.2 Å². The number of primary amides is 1. The van der Waals surface area contributed by atoms with Crippen LogP contribution < -0.4 is 16.0 Å². The van der Waals surface area contributed by atoms with Gasteiger partial charge in [0.05, 0.1) is 0 Å². The lowest BCUT2D eigenvalue weighted by Crippen LogP contribution is -2.23. The van der Waals surface area contributed by atoms with Crippen molar-refractivity contribution in [2.24, 2.45) is 5.73 Å². The molecule has 1 amide bonds. The Morgan fingerprint density at radius 1 is 1.36 bits per heavy atom. The molecule has 0 aliphatic heterocycles. The molecule has 3 N–H and O–H groups in total. The third kappa shape index (κ3) is 3.23. The smallest absolute Gasteiger partial charge is 0.307 e. The highest BCUT2D eigenvalue weighted by Gasteiger charge is 2.23. The number of fused-ring (bicyclic) bond motifs is 1. The number of hydrogen-bond acceptors (Lipinski definition) is 6. The van der Waals surface area contributed by atoms with Crippen molar-refractivity contribution in [3.8, 4) is 11.8 Å². The number of carbonyl (C=O) groups excluding carboxylic acids is 1. The molecule has 1 fully saturated rings. The molecule has 0 unspecified atom stereocenters. The second-order valence-corrected chi connectivity index (χ2v) is 6.97. The lowest BCUT2D eigenvalue weighted by atomic mass is 10.1. The van der Waals surface area contributed by atoms with E-state index in [1.54, 1.807) is 12.1 Å². The summed E-state index contributed by atoms with van der Waals surface area (Å²) in [7, 11) is 0. The van der Waals surface area contributed by atoms with Crippen molar-refractivity contribution < 1.29 is 9.53 Å². The predicted octanol–water partition coefficient (Wildman–Crippen LogP) is 2.47. The Morgan fingerprint density at radius 3 is 2.86 bits per heavy atom. The quantitative estimate of drug-likeness (QED) is 0.674. The number of aromatic nitrogens is 5. The Balaban J connectivity index is 1.81. The maximum Gasteiger partial charge on any atom is 0.307 e. The first-order valence-electron chi connectivity index (χ1n) is 9.51. The van der Waals surface area contributed by atoms with Crippen LogP contribution in [0, 0.1) is 0 Å². The van der Waals surface area contributed by atoms with Gasteiger partial charge in [0.1, 0.15) is 5.82 Å². The Labute approximate surface area is 161 Å². The SMILES string of the molecule is CCCn1c(Oc2cccnc2C(N)=O)nc2nc(C3CCCC3)[nH]c2c1=O. The van der Waals surface area contributed by atoms with Gasteiger partial charge in [-0.05, 0) is 31.4 Å². The summed E-state index contributed by atoms with van der Waals surface area (Å²) >= 11 is 0. The normalized spacial score (nSPS) is 14.6. The number of nitrogens with two attached hydrogens (primary N) is 1. The summed E-state index contributed by atoms with van der Waals surface area (Å²) < 4.78 is 7.25. The number of aromatic amines is 1. The van der Waals surface area contributed by atoms with Crippen LogP contribution in [0.1, 0.15) is 61.3 Å². The van der Waals surface area contributed by atoms with Gasteiger partial charge in [-0.1, -0.05) is 19.8 Å². The summed E-state index contributed by atoms with van der Waals surface area (Å²) in [5, 5.41) is 0. The van der Waals surface area contributed by atoms with Gasteiger partial charge >= 0.3 is 6.01 Å². The standard InChI is InChI=1S/C19H22N6O3/c1-2-10-25-18(27)14-17(23-16(22-14)11-6-3-4-7-11)24-19(25)28-12-8-5-9-21-13(12)15(20)26/h5,8-9,11H,2-4,6-7,10H2,1H3,(H2,20,26)(H,22,23). The van der Waals surface area contributed by atoms with E-state index in [9.17, 15) is 9.59 Å². The average Bonchev–Trinajstić information content (AvgIpc) is 3.34. The number of hydrogen-bond donors (Lipinski definition) is 2. The van der Waals surface area contributed by atoms with E-state index in [4.69, 9.17) is 10.5 Å². The van der Waals surface area contributed by atoms with Crippen molar-refractivity contribution in [1.82, 2.24) is 24.5 Å². The number of rotatable bonds is 6. The van der Waals surface area contributed by atoms with E-state index < -0.39 is 5.91 Å². The number of nitrogens with one attached hydrogen (secondary N) is 1. The van der Waals surface area contributed by atoms with Gasteiger partial charge < -0.3 is 15.5 Å². The van der Waals surface area contributed by atoms with Crippen LogP contribution in [0.25, 0.3) is 11.2 Å². The summed E-state index contributed by atoms with van der Waals surface area (Å²) in [6.45, 7) is 2.37. The Hall–Kier alpha value is -3.23. The van der Waals surface area contributed by atoms with E-state index >= 15 is 0 Å². The molecule has 0 bridgehead atoms. The highest BCUT2D eigenvalue weighted by atomic mass is 16.5. The van der Waals surface area contributed by atoms with Crippen molar-refractivity contribution in [1.29, 1.82) is 0 Å². The van der Waals surface area contributed by atoms with Crippen molar-refractivity contribution in [3.05, 3.63) is 40.2 Å². The first kappa shape index (κ1) is 18.1. The third-order valence-corrected chi connectivity index (χ3v) is 4.99. The van der Waals surface area contributed by atoms with Gasteiger partial charge in [0.15, 0.2) is 22.6 Å². The molecule has 0 spiro atoms. The molecule has 3 aromatic heterocycles. The van der Waals surface area contributed by atoms with Crippen molar-refractivity contribution >= 4 is 17.1 Å². The Bertz CT molecular complexity index is 1080. The number of H-pyrrole nitrogens is 1. The monoisotopic (exact) mass is 382 g/mol. The minimum absolute atomic E-state index is 0.0198. The molecular formula is C19H22N6O3. The molecule has 3 aromatic rings. The van der Waals surface area contributed by atoms with Gasteiger partial charge in [0.25, 0.3) is 11.5 Å². The van der Waals surface area contributed by atoms with Crippen molar-refractivity contribution in [2.45, 2.75) is 51.5 Å². The molecular weight excluding hydrogens is 360 g/mol. The van der Waals surface area contributed by atoms with Crippen LogP contribution in [0.15, 0.2) is 23.1 Å². The van der Waals surface area contributed by atoms with Gasteiger partial charge in [0.2, 0.25) is 0 Å². The zero-order valence-electron chi connectivity index (χ0n) is 15.6. The lowest BCUT2D eigenvalue weighted by molar-refractivity contribution is 0.0993. The average molecular weight is 382 g/mol. The molecule has 0 aromatic carbocycles. The molecule has 3 heterocycles. The molecule has 146 valence electrons.